The number of allylic oxidation sites excluding steroid dienone is 2. The van der Waals surface area contributed by atoms with Crippen LogP contribution < -0.4 is 0 Å². The van der Waals surface area contributed by atoms with E-state index < -0.39 is 0 Å². The van der Waals surface area contributed by atoms with E-state index in [-0.39, 0.29) is 12.3 Å². The second-order valence-electron chi connectivity index (χ2n) is 7.08. The molecule has 0 bridgehead atoms. The van der Waals surface area contributed by atoms with Crippen LogP contribution in [-0.4, -0.2) is 37.4 Å². The average Bonchev–Trinajstić information content (AvgIpc) is 2.72. The minimum Gasteiger partial charge on any atom is -0.466 e. The molecule has 0 spiro atoms. The van der Waals surface area contributed by atoms with Gasteiger partial charge in [-0.2, -0.15) is 0 Å². The van der Waals surface area contributed by atoms with Gasteiger partial charge < -0.3 is 14.2 Å². The molecule has 0 saturated carbocycles. The SMILES string of the molecule is CC/C=C\CCOC(CCCCC(=O)OCCCCCCBr)OCC/C=C\CC. The smallest absolute Gasteiger partial charge is 0.305 e. The van der Waals surface area contributed by atoms with Crippen molar-refractivity contribution in [2.75, 3.05) is 25.2 Å². The number of esters is 1. The second-order valence-corrected chi connectivity index (χ2v) is 7.87. The van der Waals surface area contributed by atoms with Crippen molar-refractivity contribution in [3.63, 3.8) is 0 Å². The fraction of sp³-hybridized carbons (Fsp3) is 0.792. The van der Waals surface area contributed by atoms with Gasteiger partial charge in [0.05, 0.1) is 19.8 Å². The van der Waals surface area contributed by atoms with Gasteiger partial charge in [-0.25, -0.2) is 0 Å². The molecule has 0 atom stereocenters. The van der Waals surface area contributed by atoms with E-state index in [1.54, 1.807) is 0 Å². The van der Waals surface area contributed by atoms with Gasteiger partial charge in [-0.05, 0) is 57.8 Å². The molecule has 4 nitrogen and oxygen atoms in total. The summed E-state index contributed by atoms with van der Waals surface area (Å²) in [6.07, 6.45) is 19.8. The number of ether oxygens (including phenoxy) is 3. The van der Waals surface area contributed by atoms with Crippen LogP contribution in [0.4, 0.5) is 0 Å². The Morgan fingerprint density at radius 2 is 1.41 bits per heavy atom. The molecule has 0 radical (unpaired) electrons. The average molecular weight is 476 g/mol. The van der Waals surface area contributed by atoms with Crippen molar-refractivity contribution in [3.8, 4) is 0 Å². The van der Waals surface area contributed by atoms with Gasteiger partial charge in [0.2, 0.25) is 0 Å². The largest absolute Gasteiger partial charge is 0.466 e. The van der Waals surface area contributed by atoms with Gasteiger partial charge in [0, 0.05) is 11.8 Å². The highest BCUT2D eigenvalue weighted by Gasteiger charge is 2.10. The fourth-order valence-electron chi connectivity index (χ4n) is 2.71. The molecule has 0 saturated heterocycles. The van der Waals surface area contributed by atoms with Crippen LogP contribution in [0, 0.1) is 0 Å². The van der Waals surface area contributed by atoms with Crippen LogP contribution in [0.1, 0.15) is 90.9 Å². The van der Waals surface area contributed by atoms with Crippen LogP contribution in [0.2, 0.25) is 0 Å². The minimum absolute atomic E-state index is 0.0849. The molecule has 0 aliphatic heterocycles. The number of carbonyl (C=O) groups is 1. The summed E-state index contributed by atoms with van der Waals surface area (Å²) in [6, 6.07) is 0. The number of rotatable bonds is 21. The third-order valence-electron chi connectivity index (χ3n) is 4.34. The van der Waals surface area contributed by atoms with Gasteiger partial charge in [0.1, 0.15) is 0 Å². The Bertz CT molecular complexity index is 390. The van der Waals surface area contributed by atoms with Crippen LogP contribution in [-0.2, 0) is 19.0 Å². The normalized spacial score (nSPS) is 11.9. The van der Waals surface area contributed by atoms with E-state index in [9.17, 15) is 4.79 Å². The number of unbranched alkanes of at least 4 members (excludes halogenated alkanes) is 4. The molecule has 0 unspecified atom stereocenters. The van der Waals surface area contributed by atoms with Crippen LogP contribution in [0.15, 0.2) is 24.3 Å². The van der Waals surface area contributed by atoms with Crippen LogP contribution in [0.5, 0.6) is 0 Å². The molecular formula is C24H43BrO4. The predicted molar refractivity (Wildman–Crippen MR) is 125 cm³/mol. The summed E-state index contributed by atoms with van der Waals surface area (Å²) in [6.45, 7) is 6.14. The lowest BCUT2D eigenvalue weighted by Crippen LogP contribution is -2.18. The topological polar surface area (TPSA) is 44.8 Å². The lowest BCUT2D eigenvalue weighted by Gasteiger charge is -2.18. The van der Waals surface area contributed by atoms with Crippen molar-refractivity contribution in [2.45, 2.75) is 97.2 Å². The fourth-order valence-corrected chi connectivity index (χ4v) is 3.10. The van der Waals surface area contributed by atoms with E-state index in [4.69, 9.17) is 14.2 Å². The van der Waals surface area contributed by atoms with Crippen molar-refractivity contribution >= 4 is 21.9 Å². The first-order chi connectivity index (χ1) is 14.2. The molecule has 0 fully saturated rings. The summed E-state index contributed by atoms with van der Waals surface area (Å²) in [7, 11) is 0. The first-order valence-electron chi connectivity index (χ1n) is 11.5. The minimum atomic E-state index is -0.189. The molecular weight excluding hydrogens is 432 g/mol. The molecule has 0 rings (SSSR count). The lowest BCUT2D eigenvalue weighted by molar-refractivity contribution is -0.147. The van der Waals surface area contributed by atoms with E-state index in [1.807, 2.05) is 0 Å². The standard InChI is InChI=1S/C24H43BrO4/c1-3-5-7-14-21-28-24(29-22-15-8-6-4-2)18-12-11-17-23(26)27-20-16-10-9-13-19-25/h5-8,24H,3-4,9-22H2,1-2H3/b7-5-,8-6-. The van der Waals surface area contributed by atoms with Gasteiger partial charge >= 0.3 is 5.97 Å². The molecule has 0 aromatic rings. The summed E-state index contributed by atoms with van der Waals surface area (Å²) in [4.78, 5) is 11.8. The molecule has 0 aliphatic carbocycles. The molecule has 0 N–H and O–H groups in total. The quantitative estimate of drug-likeness (QED) is 0.0583. The highest BCUT2D eigenvalue weighted by molar-refractivity contribution is 9.09. The Morgan fingerprint density at radius 3 is 2.00 bits per heavy atom. The third kappa shape index (κ3) is 21.9. The monoisotopic (exact) mass is 474 g/mol. The van der Waals surface area contributed by atoms with Crippen molar-refractivity contribution in [1.29, 1.82) is 0 Å². The molecule has 29 heavy (non-hydrogen) atoms. The summed E-state index contributed by atoms with van der Waals surface area (Å²) in [5.41, 5.74) is 0. The van der Waals surface area contributed by atoms with Crippen molar-refractivity contribution < 1.29 is 19.0 Å². The van der Waals surface area contributed by atoms with Crippen molar-refractivity contribution in [2.24, 2.45) is 0 Å². The van der Waals surface area contributed by atoms with Gasteiger partial charge in [-0.1, -0.05) is 66.9 Å². The number of halogens is 1. The molecule has 5 heteroatoms. The predicted octanol–water partition coefficient (Wildman–Crippen LogP) is 7.12. The van der Waals surface area contributed by atoms with Gasteiger partial charge in [0.15, 0.2) is 6.29 Å². The Morgan fingerprint density at radius 1 is 0.793 bits per heavy atom. The Labute approximate surface area is 187 Å². The zero-order valence-corrected chi connectivity index (χ0v) is 20.3. The first-order valence-corrected chi connectivity index (χ1v) is 12.6. The molecule has 0 aromatic heterocycles. The number of alkyl halides is 1. The molecule has 170 valence electrons. The van der Waals surface area contributed by atoms with Gasteiger partial charge in [0.25, 0.3) is 0 Å². The maximum absolute atomic E-state index is 11.8. The van der Waals surface area contributed by atoms with E-state index in [2.05, 4.69) is 54.1 Å². The summed E-state index contributed by atoms with van der Waals surface area (Å²) in [5, 5.41) is 1.05. The number of carbonyl (C=O) groups excluding carboxylic acids is 1. The third-order valence-corrected chi connectivity index (χ3v) is 4.90. The number of hydrogen-bond acceptors (Lipinski definition) is 4. The number of hydrogen-bond donors (Lipinski definition) is 0. The zero-order valence-electron chi connectivity index (χ0n) is 18.7. The first kappa shape index (κ1) is 28.4. The Balaban J connectivity index is 3.92. The lowest BCUT2D eigenvalue weighted by atomic mass is 10.2. The molecule has 0 amide bonds. The summed E-state index contributed by atoms with van der Waals surface area (Å²) >= 11 is 3.43. The van der Waals surface area contributed by atoms with E-state index in [1.165, 1.54) is 12.8 Å². The summed E-state index contributed by atoms with van der Waals surface area (Å²) < 4.78 is 17.1. The van der Waals surface area contributed by atoms with Crippen LogP contribution in [0.3, 0.4) is 0 Å². The molecule has 0 aromatic carbocycles. The maximum atomic E-state index is 11.8. The highest BCUT2D eigenvalue weighted by atomic mass is 79.9. The van der Waals surface area contributed by atoms with E-state index in [0.717, 1.165) is 63.1 Å². The summed E-state index contributed by atoms with van der Waals surface area (Å²) in [5.74, 6) is -0.0849. The second kappa shape index (κ2) is 23.6. The van der Waals surface area contributed by atoms with Crippen molar-refractivity contribution in [1.82, 2.24) is 0 Å². The van der Waals surface area contributed by atoms with E-state index >= 15 is 0 Å². The van der Waals surface area contributed by atoms with Crippen LogP contribution in [0.25, 0.3) is 0 Å². The van der Waals surface area contributed by atoms with Gasteiger partial charge in [-0.15, -0.1) is 0 Å². The van der Waals surface area contributed by atoms with Gasteiger partial charge in [-0.3, -0.25) is 4.79 Å². The molecule has 0 heterocycles. The molecule has 0 aliphatic rings. The van der Waals surface area contributed by atoms with Crippen molar-refractivity contribution in [3.05, 3.63) is 24.3 Å². The van der Waals surface area contributed by atoms with Crippen LogP contribution >= 0.6 is 15.9 Å². The maximum Gasteiger partial charge on any atom is 0.305 e. The zero-order chi connectivity index (χ0) is 21.4. The highest BCUT2D eigenvalue weighted by Crippen LogP contribution is 2.11. The van der Waals surface area contributed by atoms with E-state index in [0.29, 0.717) is 26.2 Å². The Kier molecular flexibility index (Phi) is 23.1. The Hall–Kier alpha value is -0.650.